The van der Waals surface area contributed by atoms with Crippen molar-refractivity contribution in [1.82, 2.24) is 0 Å². The van der Waals surface area contributed by atoms with Gasteiger partial charge in [0.1, 0.15) is 0 Å². The molecule has 0 fully saturated rings. The van der Waals surface area contributed by atoms with E-state index >= 15 is 0 Å². The first-order valence-corrected chi connectivity index (χ1v) is 18.8. The van der Waals surface area contributed by atoms with Gasteiger partial charge in [-0.1, -0.05) is 129 Å². The van der Waals surface area contributed by atoms with E-state index in [1.54, 1.807) is 0 Å². The summed E-state index contributed by atoms with van der Waals surface area (Å²) in [4.78, 5) is 4.65. The molecule has 8 aromatic carbocycles. The van der Waals surface area contributed by atoms with Crippen LogP contribution in [0.25, 0.3) is 34.1 Å². The largest absolute Gasteiger partial charge is 0.453 e. The van der Waals surface area contributed by atoms with Crippen LogP contribution in [0.3, 0.4) is 0 Å². The summed E-state index contributed by atoms with van der Waals surface area (Å²) in [5.41, 5.74) is 13.8. The van der Waals surface area contributed by atoms with Gasteiger partial charge in [-0.05, 0) is 105 Å². The van der Waals surface area contributed by atoms with E-state index in [9.17, 15) is 0 Å². The van der Waals surface area contributed by atoms with Gasteiger partial charge in [0.15, 0.2) is 23.0 Å². The van der Waals surface area contributed by atoms with E-state index in [2.05, 4.69) is 157 Å². The number of nitrogens with zero attached hydrogens (tertiary/aromatic N) is 2. The van der Waals surface area contributed by atoms with Crippen molar-refractivity contribution >= 4 is 57.0 Å². The van der Waals surface area contributed by atoms with Crippen LogP contribution in [0.2, 0.25) is 0 Å². The predicted molar refractivity (Wildman–Crippen MR) is 226 cm³/mol. The van der Waals surface area contributed by atoms with Crippen molar-refractivity contribution in [2.75, 3.05) is 9.80 Å². The van der Waals surface area contributed by atoms with Gasteiger partial charge in [0, 0.05) is 16.5 Å². The van der Waals surface area contributed by atoms with Gasteiger partial charge in [-0.3, -0.25) is 0 Å². The normalized spacial score (nSPS) is 14.3. The van der Waals surface area contributed by atoms with Crippen molar-refractivity contribution < 1.29 is 9.47 Å². The van der Waals surface area contributed by atoms with Crippen LogP contribution < -0.4 is 19.3 Å². The van der Waals surface area contributed by atoms with Crippen molar-refractivity contribution in [3.8, 4) is 34.1 Å². The van der Waals surface area contributed by atoms with Gasteiger partial charge in [0.05, 0.1) is 28.4 Å². The van der Waals surface area contributed by atoms with Crippen LogP contribution in [0.15, 0.2) is 170 Å². The van der Waals surface area contributed by atoms with Crippen molar-refractivity contribution in [3.05, 3.63) is 192 Å². The summed E-state index contributed by atoms with van der Waals surface area (Å²) < 4.78 is 12.6. The Bertz CT molecular complexity index is 2800. The van der Waals surface area contributed by atoms with Crippen molar-refractivity contribution in [2.24, 2.45) is 0 Å². The molecule has 0 bridgehead atoms. The van der Waals surface area contributed by atoms with Gasteiger partial charge in [0.25, 0.3) is 0 Å². The first-order valence-electron chi connectivity index (χ1n) is 18.8. The van der Waals surface area contributed by atoms with E-state index in [0.717, 1.165) is 57.1 Å². The number of hydrogen-bond donors (Lipinski definition) is 0. The third kappa shape index (κ3) is 4.85. The van der Waals surface area contributed by atoms with E-state index in [-0.39, 0.29) is 5.41 Å². The lowest BCUT2D eigenvalue weighted by Crippen LogP contribution is -2.18. The van der Waals surface area contributed by atoms with Crippen LogP contribution in [0.5, 0.6) is 23.0 Å². The Morgan fingerprint density at radius 3 is 1.53 bits per heavy atom. The summed E-state index contributed by atoms with van der Waals surface area (Å²) in [6.07, 6.45) is 4.52. The molecule has 0 spiro atoms. The molecule has 0 atom stereocenters. The molecule has 4 nitrogen and oxygen atoms in total. The Labute approximate surface area is 320 Å². The Hall–Kier alpha value is -7.04. The smallest absolute Gasteiger partial charge is 0.151 e. The fourth-order valence-corrected chi connectivity index (χ4v) is 8.78. The summed E-state index contributed by atoms with van der Waals surface area (Å²) in [7, 11) is 0. The zero-order valence-electron chi connectivity index (χ0n) is 30.5. The summed E-state index contributed by atoms with van der Waals surface area (Å²) in [5, 5.41) is 2.38. The van der Waals surface area contributed by atoms with E-state index in [1.807, 2.05) is 48.5 Å². The number of fused-ring (bicyclic) bond motifs is 8. The highest BCUT2D eigenvalue weighted by Crippen LogP contribution is 2.55. The molecule has 0 N–H and O–H groups in total. The monoisotopic (exact) mass is 708 g/mol. The van der Waals surface area contributed by atoms with Gasteiger partial charge in [-0.2, -0.15) is 0 Å². The molecule has 1 aliphatic carbocycles. The minimum atomic E-state index is -0.186. The number of hydrogen-bond acceptors (Lipinski definition) is 4. The van der Waals surface area contributed by atoms with Crippen LogP contribution in [-0.4, -0.2) is 0 Å². The molecule has 262 valence electrons. The Morgan fingerprint density at radius 1 is 0.418 bits per heavy atom. The van der Waals surface area contributed by atoms with Crippen molar-refractivity contribution in [1.29, 1.82) is 0 Å². The second kappa shape index (κ2) is 12.0. The summed E-state index contributed by atoms with van der Waals surface area (Å²) in [6, 6.07) is 60.1. The molecule has 2 heterocycles. The number of benzene rings is 8. The molecule has 0 amide bonds. The Morgan fingerprint density at radius 2 is 0.909 bits per heavy atom. The summed E-state index contributed by atoms with van der Waals surface area (Å²) in [5.74, 6) is 3.42. The van der Waals surface area contributed by atoms with Crippen LogP contribution in [0.4, 0.5) is 34.1 Å². The predicted octanol–water partition coefficient (Wildman–Crippen LogP) is 14.5. The van der Waals surface area contributed by atoms with E-state index in [0.29, 0.717) is 0 Å². The molecule has 0 aromatic heterocycles. The maximum absolute atomic E-state index is 6.32. The molecule has 0 radical (unpaired) electrons. The second-order valence-corrected chi connectivity index (χ2v) is 15.0. The van der Waals surface area contributed by atoms with E-state index in [1.165, 1.54) is 44.2 Å². The van der Waals surface area contributed by atoms with Crippen LogP contribution in [0.1, 0.15) is 36.1 Å². The molecule has 0 saturated heterocycles. The average Bonchev–Trinajstić information content (AvgIpc) is 3.45. The maximum Gasteiger partial charge on any atom is 0.151 e. The maximum atomic E-state index is 6.32. The van der Waals surface area contributed by atoms with E-state index < -0.39 is 0 Å². The number of rotatable bonds is 4. The van der Waals surface area contributed by atoms with Crippen molar-refractivity contribution in [3.63, 3.8) is 0 Å². The highest BCUT2D eigenvalue weighted by atomic mass is 16.5. The first kappa shape index (κ1) is 31.5. The van der Waals surface area contributed by atoms with Gasteiger partial charge >= 0.3 is 0 Å². The SMILES string of the molecule is CC1(C)c2cc(C=Cc3cccc4c(N5c6ccccc6Oc6ccccc65)cccc34)ccc2-c2ccc(N3c4ccccc4Oc4ccccc43)cc21. The lowest BCUT2D eigenvalue weighted by molar-refractivity contribution is 0.477. The third-order valence-corrected chi connectivity index (χ3v) is 11.4. The molecular formula is C51H36N2O2. The highest BCUT2D eigenvalue weighted by molar-refractivity contribution is 6.04. The van der Waals surface area contributed by atoms with Gasteiger partial charge < -0.3 is 19.3 Å². The average molecular weight is 709 g/mol. The molecule has 3 aliphatic rings. The molecule has 2 aliphatic heterocycles. The summed E-state index contributed by atoms with van der Waals surface area (Å²) >= 11 is 0. The van der Waals surface area contributed by atoms with Crippen LogP contribution >= 0.6 is 0 Å². The molecular weight excluding hydrogens is 673 g/mol. The standard InChI is InChI=1S/C51H36N2O2/c1-51(2)40-31-33(26-29-37(40)38-30-28-35(32-41(38)51)52-43-16-3-7-21-47(43)54-48-22-8-4-17-44(48)52)25-27-34-13-11-15-39-36(34)14-12-20-42(39)53-45-18-5-9-23-49(45)55-50-24-10-6-19-46(50)53/h3-32H,1-2H3. The van der Waals surface area contributed by atoms with Crippen LogP contribution in [0, 0.1) is 0 Å². The number of para-hydroxylation sites is 8. The van der Waals surface area contributed by atoms with Crippen molar-refractivity contribution in [2.45, 2.75) is 19.3 Å². The Kier molecular flexibility index (Phi) is 6.86. The molecule has 4 heteroatoms. The molecule has 0 unspecified atom stereocenters. The first-order chi connectivity index (χ1) is 27.0. The lowest BCUT2D eigenvalue weighted by Gasteiger charge is -2.33. The summed E-state index contributed by atoms with van der Waals surface area (Å²) in [6.45, 7) is 4.70. The van der Waals surface area contributed by atoms with E-state index in [4.69, 9.17) is 9.47 Å². The van der Waals surface area contributed by atoms with Gasteiger partial charge in [0.2, 0.25) is 0 Å². The Balaban J connectivity index is 0.948. The fraction of sp³-hybridized carbons (Fsp3) is 0.0588. The van der Waals surface area contributed by atoms with Gasteiger partial charge in [-0.15, -0.1) is 0 Å². The lowest BCUT2D eigenvalue weighted by atomic mass is 9.81. The molecule has 0 saturated carbocycles. The highest BCUT2D eigenvalue weighted by Gasteiger charge is 2.37. The number of ether oxygens (including phenoxy) is 2. The minimum absolute atomic E-state index is 0.186. The quantitative estimate of drug-likeness (QED) is 0.170. The third-order valence-electron chi connectivity index (χ3n) is 11.4. The molecule has 55 heavy (non-hydrogen) atoms. The zero-order valence-corrected chi connectivity index (χ0v) is 30.5. The zero-order chi connectivity index (χ0) is 36.7. The molecule has 11 rings (SSSR count). The fourth-order valence-electron chi connectivity index (χ4n) is 8.78. The second-order valence-electron chi connectivity index (χ2n) is 15.0. The minimum Gasteiger partial charge on any atom is -0.453 e. The van der Waals surface area contributed by atoms with Gasteiger partial charge in [-0.25, -0.2) is 0 Å². The van der Waals surface area contributed by atoms with Crippen LogP contribution in [-0.2, 0) is 5.41 Å². The molecule has 8 aromatic rings. The topological polar surface area (TPSA) is 24.9 Å². The number of anilines is 6.